The molecule has 19 heavy (non-hydrogen) atoms. The molecule has 3 aromatic heterocycles. The van der Waals surface area contributed by atoms with Crippen molar-refractivity contribution in [2.24, 2.45) is 0 Å². The topological polar surface area (TPSA) is 62.7 Å². The molecule has 0 saturated carbocycles. The van der Waals surface area contributed by atoms with E-state index in [0.29, 0.717) is 11.4 Å². The second kappa shape index (κ2) is 5.11. The number of hydrogen-bond donors (Lipinski definition) is 2. The molecule has 0 bridgehead atoms. The van der Waals surface area contributed by atoms with Gasteiger partial charge in [0.2, 0.25) is 0 Å². The summed E-state index contributed by atoms with van der Waals surface area (Å²) in [6.45, 7) is 0.446. The third-order valence-electron chi connectivity index (χ3n) is 2.73. The SMILES string of the molecule is O=C(NCc1ccn[nH]1)c1sccc1-n1cccc1. The van der Waals surface area contributed by atoms with Crippen LogP contribution in [0.1, 0.15) is 15.4 Å². The molecule has 96 valence electrons. The van der Waals surface area contributed by atoms with Gasteiger partial charge in [0, 0.05) is 18.6 Å². The molecule has 0 fully saturated rings. The number of carbonyl (C=O) groups excluding carboxylic acids is 1. The van der Waals surface area contributed by atoms with Gasteiger partial charge in [0.25, 0.3) is 5.91 Å². The van der Waals surface area contributed by atoms with Crippen molar-refractivity contribution in [3.63, 3.8) is 0 Å². The van der Waals surface area contributed by atoms with Crippen LogP contribution in [0.25, 0.3) is 5.69 Å². The molecule has 0 aliphatic carbocycles. The number of aromatic nitrogens is 3. The van der Waals surface area contributed by atoms with Crippen LogP contribution in [0.5, 0.6) is 0 Å². The first-order chi connectivity index (χ1) is 9.34. The molecule has 0 atom stereocenters. The van der Waals surface area contributed by atoms with Crippen LogP contribution >= 0.6 is 11.3 Å². The van der Waals surface area contributed by atoms with Crippen molar-refractivity contribution < 1.29 is 4.79 Å². The Morgan fingerprint density at radius 3 is 2.95 bits per heavy atom. The molecule has 3 heterocycles. The van der Waals surface area contributed by atoms with E-state index in [1.807, 2.05) is 46.6 Å². The van der Waals surface area contributed by atoms with Gasteiger partial charge in [-0.2, -0.15) is 5.10 Å². The summed E-state index contributed by atoms with van der Waals surface area (Å²) < 4.78 is 1.93. The maximum Gasteiger partial charge on any atom is 0.263 e. The third-order valence-corrected chi connectivity index (χ3v) is 3.63. The molecule has 5 nitrogen and oxygen atoms in total. The van der Waals surface area contributed by atoms with Gasteiger partial charge in [-0.15, -0.1) is 11.3 Å². The molecule has 3 aromatic rings. The number of carbonyl (C=O) groups is 1. The van der Waals surface area contributed by atoms with Gasteiger partial charge < -0.3 is 9.88 Å². The Labute approximate surface area is 113 Å². The second-order valence-corrected chi connectivity index (χ2v) is 4.91. The third kappa shape index (κ3) is 2.43. The molecule has 0 aromatic carbocycles. The highest BCUT2D eigenvalue weighted by molar-refractivity contribution is 7.12. The molecule has 3 rings (SSSR count). The number of H-pyrrole nitrogens is 1. The number of nitrogens with zero attached hydrogens (tertiary/aromatic N) is 2. The lowest BCUT2D eigenvalue weighted by Gasteiger charge is -2.05. The fourth-order valence-corrected chi connectivity index (χ4v) is 2.62. The minimum atomic E-state index is -0.0756. The number of hydrogen-bond acceptors (Lipinski definition) is 3. The zero-order chi connectivity index (χ0) is 13.1. The van der Waals surface area contributed by atoms with Crippen molar-refractivity contribution in [1.82, 2.24) is 20.1 Å². The van der Waals surface area contributed by atoms with Crippen LogP contribution in [0.4, 0.5) is 0 Å². The van der Waals surface area contributed by atoms with Crippen LogP contribution in [-0.4, -0.2) is 20.7 Å². The highest BCUT2D eigenvalue weighted by atomic mass is 32.1. The molecule has 0 radical (unpaired) electrons. The van der Waals surface area contributed by atoms with E-state index < -0.39 is 0 Å². The fourth-order valence-electron chi connectivity index (χ4n) is 1.81. The summed E-state index contributed by atoms with van der Waals surface area (Å²) in [6, 6.07) is 7.64. The Bertz CT molecular complexity index is 655. The predicted octanol–water partition coefficient (Wildman–Crippen LogP) is 2.19. The van der Waals surface area contributed by atoms with E-state index in [-0.39, 0.29) is 5.91 Å². The van der Waals surface area contributed by atoms with E-state index in [0.717, 1.165) is 11.4 Å². The summed E-state index contributed by atoms with van der Waals surface area (Å²) in [4.78, 5) is 12.9. The van der Waals surface area contributed by atoms with Crippen LogP contribution < -0.4 is 5.32 Å². The van der Waals surface area contributed by atoms with Gasteiger partial charge in [0.1, 0.15) is 4.88 Å². The maximum absolute atomic E-state index is 12.2. The number of aromatic amines is 1. The number of nitrogens with one attached hydrogen (secondary N) is 2. The zero-order valence-electron chi connectivity index (χ0n) is 10.0. The first-order valence-electron chi connectivity index (χ1n) is 5.82. The van der Waals surface area contributed by atoms with E-state index >= 15 is 0 Å². The first kappa shape index (κ1) is 11.7. The van der Waals surface area contributed by atoms with Crippen molar-refractivity contribution in [2.75, 3.05) is 0 Å². The van der Waals surface area contributed by atoms with Crippen molar-refractivity contribution in [3.8, 4) is 5.69 Å². The van der Waals surface area contributed by atoms with Crippen molar-refractivity contribution >= 4 is 17.2 Å². The Kier molecular flexibility index (Phi) is 3.16. The molecule has 0 saturated heterocycles. The zero-order valence-corrected chi connectivity index (χ0v) is 10.9. The maximum atomic E-state index is 12.2. The summed E-state index contributed by atoms with van der Waals surface area (Å²) in [7, 11) is 0. The van der Waals surface area contributed by atoms with E-state index in [4.69, 9.17) is 0 Å². The molecule has 0 unspecified atom stereocenters. The highest BCUT2D eigenvalue weighted by Gasteiger charge is 2.13. The minimum Gasteiger partial charge on any atom is -0.346 e. The molecule has 0 aliphatic heterocycles. The monoisotopic (exact) mass is 272 g/mol. The average Bonchev–Trinajstić information content (AvgIpc) is 3.14. The fraction of sp³-hybridized carbons (Fsp3) is 0.0769. The van der Waals surface area contributed by atoms with Crippen molar-refractivity contribution in [1.29, 1.82) is 0 Å². The molecule has 2 N–H and O–H groups in total. The van der Waals surface area contributed by atoms with Gasteiger partial charge >= 0.3 is 0 Å². The van der Waals surface area contributed by atoms with Crippen molar-refractivity contribution in [2.45, 2.75) is 6.54 Å². The summed E-state index contributed by atoms with van der Waals surface area (Å²) in [5.74, 6) is -0.0756. The second-order valence-electron chi connectivity index (χ2n) is 3.99. The Morgan fingerprint density at radius 1 is 1.37 bits per heavy atom. The van der Waals surface area contributed by atoms with Crippen LogP contribution in [0.3, 0.4) is 0 Å². The number of thiophene rings is 1. The number of amides is 1. The summed E-state index contributed by atoms with van der Waals surface area (Å²) in [5, 5.41) is 11.5. The van der Waals surface area contributed by atoms with Crippen LogP contribution in [-0.2, 0) is 6.54 Å². The molecular formula is C13H12N4OS. The van der Waals surface area contributed by atoms with Gasteiger partial charge in [0.15, 0.2) is 0 Å². The van der Waals surface area contributed by atoms with Crippen LogP contribution in [0, 0.1) is 0 Å². The predicted molar refractivity (Wildman–Crippen MR) is 73.4 cm³/mol. The van der Waals surface area contributed by atoms with Gasteiger partial charge in [-0.25, -0.2) is 0 Å². The van der Waals surface area contributed by atoms with Gasteiger partial charge in [-0.05, 0) is 29.6 Å². The van der Waals surface area contributed by atoms with Crippen molar-refractivity contribution in [3.05, 3.63) is 58.8 Å². The van der Waals surface area contributed by atoms with E-state index in [1.165, 1.54) is 11.3 Å². The summed E-state index contributed by atoms with van der Waals surface area (Å²) in [6.07, 6.45) is 5.51. The summed E-state index contributed by atoms with van der Waals surface area (Å²) in [5.41, 5.74) is 1.78. The van der Waals surface area contributed by atoms with E-state index in [2.05, 4.69) is 15.5 Å². The lowest BCUT2D eigenvalue weighted by molar-refractivity contribution is 0.0954. The normalized spacial score (nSPS) is 10.5. The van der Waals surface area contributed by atoms with E-state index in [1.54, 1.807) is 6.20 Å². The van der Waals surface area contributed by atoms with Gasteiger partial charge in [-0.1, -0.05) is 0 Å². The minimum absolute atomic E-state index is 0.0756. The van der Waals surface area contributed by atoms with Crippen LogP contribution in [0.2, 0.25) is 0 Å². The first-order valence-corrected chi connectivity index (χ1v) is 6.70. The molecule has 0 aliphatic rings. The average molecular weight is 272 g/mol. The standard InChI is InChI=1S/C13H12N4OS/c18-13(14-9-10-3-5-15-16-10)12-11(4-8-19-12)17-6-1-2-7-17/h1-8H,9H2,(H,14,18)(H,15,16). The Balaban J connectivity index is 1.75. The van der Waals surface area contributed by atoms with Crippen LogP contribution in [0.15, 0.2) is 48.2 Å². The Morgan fingerprint density at radius 2 is 2.21 bits per heavy atom. The molecule has 1 amide bonds. The quantitative estimate of drug-likeness (QED) is 0.764. The van der Waals surface area contributed by atoms with Gasteiger partial charge in [-0.3, -0.25) is 9.89 Å². The number of rotatable bonds is 4. The molecule has 0 spiro atoms. The largest absolute Gasteiger partial charge is 0.346 e. The summed E-state index contributed by atoms with van der Waals surface area (Å²) >= 11 is 1.43. The highest BCUT2D eigenvalue weighted by Crippen LogP contribution is 2.21. The molecular weight excluding hydrogens is 260 g/mol. The Hall–Kier alpha value is -2.34. The molecule has 6 heteroatoms. The smallest absolute Gasteiger partial charge is 0.263 e. The van der Waals surface area contributed by atoms with Gasteiger partial charge in [0.05, 0.1) is 17.9 Å². The van der Waals surface area contributed by atoms with E-state index in [9.17, 15) is 4.79 Å². The lowest BCUT2D eigenvalue weighted by atomic mass is 10.3. The lowest BCUT2D eigenvalue weighted by Crippen LogP contribution is -2.23.